The van der Waals surface area contributed by atoms with E-state index in [2.05, 4.69) is 0 Å². The minimum absolute atomic E-state index is 0.0148. The second kappa shape index (κ2) is 4.97. The summed E-state index contributed by atoms with van der Waals surface area (Å²) in [6.07, 6.45) is 4.68. The number of rotatable bonds is 4. The molecule has 1 rings (SSSR count). The van der Waals surface area contributed by atoms with Crippen molar-refractivity contribution in [1.29, 1.82) is 0 Å². The molecule has 2 atom stereocenters. The van der Waals surface area contributed by atoms with Gasteiger partial charge in [-0.05, 0) is 25.7 Å². The molecular formula is C12H22O3. The van der Waals surface area contributed by atoms with Gasteiger partial charge in [0.05, 0.1) is 6.61 Å². The number of esters is 1. The van der Waals surface area contributed by atoms with Crippen LogP contribution in [0.3, 0.4) is 0 Å². The molecule has 0 saturated heterocycles. The number of aliphatic hydroxyl groups is 1. The first kappa shape index (κ1) is 12.5. The van der Waals surface area contributed by atoms with Crippen LogP contribution in [0, 0.1) is 11.8 Å². The molecule has 2 unspecified atom stereocenters. The number of hydrogen-bond donors (Lipinski definition) is 1. The smallest absolute Gasteiger partial charge is 0.338 e. The second-order valence-corrected chi connectivity index (χ2v) is 4.70. The van der Waals surface area contributed by atoms with Gasteiger partial charge in [0.15, 0.2) is 5.60 Å². The van der Waals surface area contributed by atoms with E-state index in [1.54, 1.807) is 13.8 Å². The van der Waals surface area contributed by atoms with Crippen molar-refractivity contribution in [2.45, 2.75) is 52.1 Å². The largest absolute Gasteiger partial charge is 0.464 e. The maximum absolute atomic E-state index is 11.6. The third-order valence-electron chi connectivity index (χ3n) is 3.68. The first-order chi connectivity index (χ1) is 7.00. The topological polar surface area (TPSA) is 46.5 Å². The van der Waals surface area contributed by atoms with Gasteiger partial charge in [-0.15, -0.1) is 0 Å². The fraction of sp³-hybridized carbons (Fsp3) is 0.917. The maximum atomic E-state index is 11.6. The molecule has 0 aromatic rings. The summed E-state index contributed by atoms with van der Waals surface area (Å²) >= 11 is 0. The normalized spacial score (nSPS) is 23.5. The van der Waals surface area contributed by atoms with Gasteiger partial charge >= 0.3 is 5.97 Å². The molecule has 0 aliphatic heterocycles. The predicted molar refractivity (Wildman–Crippen MR) is 58.4 cm³/mol. The molecule has 15 heavy (non-hydrogen) atoms. The Morgan fingerprint density at radius 1 is 1.53 bits per heavy atom. The molecule has 1 saturated carbocycles. The van der Waals surface area contributed by atoms with Crippen LogP contribution in [0.15, 0.2) is 0 Å². The minimum atomic E-state index is -1.33. The summed E-state index contributed by atoms with van der Waals surface area (Å²) in [6, 6.07) is 0. The molecule has 1 fully saturated rings. The Labute approximate surface area is 91.8 Å². The molecular weight excluding hydrogens is 192 g/mol. The van der Waals surface area contributed by atoms with Crippen molar-refractivity contribution in [2.24, 2.45) is 11.8 Å². The van der Waals surface area contributed by atoms with Crippen molar-refractivity contribution in [3.63, 3.8) is 0 Å². The van der Waals surface area contributed by atoms with E-state index in [0.717, 1.165) is 12.8 Å². The number of ether oxygens (including phenoxy) is 1. The maximum Gasteiger partial charge on any atom is 0.338 e. The van der Waals surface area contributed by atoms with Crippen LogP contribution in [0.25, 0.3) is 0 Å². The monoisotopic (exact) mass is 214 g/mol. The summed E-state index contributed by atoms with van der Waals surface area (Å²) in [7, 11) is 0. The Bertz CT molecular complexity index is 217. The van der Waals surface area contributed by atoms with Gasteiger partial charge in [-0.3, -0.25) is 0 Å². The average Bonchev–Trinajstić information content (AvgIpc) is 2.69. The molecule has 0 spiro atoms. The fourth-order valence-electron chi connectivity index (χ4n) is 2.38. The summed E-state index contributed by atoms with van der Waals surface area (Å²) in [5.74, 6) is -0.0344. The van der Waals surface area contributed by atoms with Gasteiger partial charge in [-0.1, -0.05) is 32.6 Å². The van der Waals surface area contributed by atoms with Crippen LogP contribution in [0.4, 0.5) is 0 Å². The van der Waals surface area contributed by atoms with Crippen molar-refractivity contribution < 1.29 is 14.6 Å². The Morgan fingerprint density at radius 3 is 2.53 bits per heavy atom. The Balaban J connectivity index is 2.62. The molecule has 0 aromatic carbocycles. The zero-order chi connectivity index (χ0) is 11.5. The Kier molecular flexibility index (Phi) is 4.14. The molecule has 1 aliphatic carbocycles. The van der Waals surface area contributed by atoms with E-state index >= 15 is 0 Å². The first-order valence-electron chi connectivity index (χ1n) is 5.89. The number of carbonyl (C=O) groups is 1. The van der Waals surface area contributed by atoms with Crippen LogP contribution in [0.5, 0.6) is 0 Å². The van der Waals surface area contributed by atoms with Crippen molar-refractivity contribution >= 4 is 5.97 Å². The van der Waals surface area contributed by atoms with Gasteiger partial charge in [0.2, 0.25) is 0 Å². The molecule has 1 N–H and O–H groups in total. The van der Waals surface area contributed by atoms with E-state index < -0.39 is 11.6 Å². The van der Waals surface area contributed by atoms with E-state index in [0.29, 0.717) is 12.5 Å². The highest BCUT2D eigenvalue weighted by Crippen LogP contribution is 2.37. The van der Waals surface area contributed by atoms with Gasteiger partial charge in [-0.25, -0.2) is 4.79 Å². The lowest BCUT2D eigenvalue weighted by Gasteiger charge is -2.32. The van der Waals surface area contributed by atoms with Crippen LogP contribution in [0.2, 0.25) is 0 Å². The quantitative estimate of drug-likeness (QED) is 0.729. The van der Waals surface area contributed by atoms with E-state index in [1.165, 1.54) is 12.8 Å². The van der Waals surface area contributed by atoms with Crippen LogP contribution >= 0.6 is 0 Å². The summed E-state index contributed by atoms with van der Waals surface area (Å²) in [6.45, 7) is 5.61. The minimum Gasteiger partial charge on any atom is -0.464 e. The fourth-order valence-corrected chi connectivity index (χ4v) is 2.38. The third-order valence-corrected chi connectivity index (χ3v) is 3.68. The molecule has 0 heterocycles. The lowest BCUT2D eigenvalue weighted by molar-refractivity contribution is -0.170. The SMILES string of the molecule is CCOC(=O)C(C)(O)C(C)C1CCCC1. The predicted octanol–water partition coefficient (Wildman–Crippen LogP) is 2.13. The second-order valence-electron chi connectivity index (χ2n) is 4.70. The number of carbonyl (C=O) groups excluding carboxylic acids is 1. The molecule has 88 valence electrons. The zero-order valence-corrected chi connectivity index (χ0v) is 9.95. The van der Waals surface area contributed by atoms with Gasteiger partial charge in [0.25, 0.3) is 0 Å². The highest BCUT2D eigenvalue weighted by molar-refractivity contribution is 5.79. The van der Waals surface area contributed by atoms with Gasteiger partial charge in [0.1, 0.15) is 0 Å². The lowest BCUT2D eigenvalue weighted by Crippen LogP contribution is -2.45. The highest BCUT2D eigenvalue weighted by atomic mass is 16.5. The zero-order valence-electron chi connectivity index (χ0n) is 9.95. The van der Waals surface area contributed by atoms with E-state index in [9.17, 15) is 9.90 Å². The van der Waals surface area contributed by atoms with Gasteiger partial charge < -0.3 is 9.84 Å². The van der Waals surface area contributed by atoms with Crippen LogP contribution in [0.1, 0.15) is 46.5 Å². The Morgan fingerprint density at radius 2 is 2.07 bits per heavy atom. The van der Waals surface area contributed by atoms with Crippen molar-refractivity contribution in [1.82, 2.24) is 0 Å². The van der Waals surface area contributed by atoms with Crippen molar-refractivity contribution in [3.05, 3.63) is 0 Å². The molecule has 3 heteroatoms. The summed E-state index contributed by atoms with van der Waals surface area (Å²) in [5, 5.41) is 10.2. The Hall–Kier alpha value is -0.570. The summed E-state index contributed by atoms with van der Waals surface area (Å²) in [5.41, 5.74) is -1.33. The lowest BCUT2D eigenvalue weighted by atomic mass is 9.79. The standard InChI is InChI=1S/C12H22O3/c1-4-15-11(13)12(3,14)9(2)10-7-5-6-8-10/h9-10,14H,4-8H2,1-3H3. The average molecular weight is 214 g/mol. The molecule has 0 amide bonds. The molecule has 1 aliphatic rings. The molecule has 0 aromatic heterocycles. The third kappa shape index (κ3) is 2.71. The molecule has 3 nitrogen and oxygen atoms in total. The van der Waals surface area contributed by atoms with Crippen molar-refractivity contribution in [2.75, 3.05) is 6.61 Å². The summed E-state index contributed by atoms with van der Waals surface area (Å²) < 4.78 is 4.90. The van der Waals surface area contributed by atoms with Gasteiger partial charge in [-0.2, -0.15) is 0 Å². The van der Waals surface area contributed by atoms with Crippen LogP contribution < -0.4 is 0 Å². The number of hydrogen-bond acceptors (Lipinski definition) is 3. The van der Waals surface area contributed by atoms with Crippen molar-refractivity contribution in [3.8, 4) is 0 Å². The van der Waals surface area contributed by atoms with E-state index in [4.69, 9.17) is 4.74 Å². The first-order valence-corrected chi connectivity index (χ1v) is 5.89. The molecule has 0 bridgehead atoms. The van der Waals surface area contributed by atoms with Gasteiger partial charge in [0, 0.05) is 0 Å². The van der Waals surface area contributed by atoms with E-state index in [-0.39, 0.29) is 5.92 Å². The summed E-state index contributed by atoms with van der Waals surface area (Å²) in [4.78, 5) is 11.6. The molecule has 0 radical (unpaired) electrons. The van der Waals surface area contributed by atoms with Crippen LogP contribution in [-0.4, -0.2) is 23.3 Å². The highest BCUT2D eigenvalue weighted by Gasteiger charge is 2.42. The van der Waals surface area contributed by atoms with Crippen LogP contribution in [-0.2, 0) is 9.53 Å². The van der Waals surface area contributed by atoms with E-state index in [1.807, 2.05) is 6.92 Å².